The van der Waals surface area contributed by atoms with Gasteiger partial charge in [0.25, 0.3) is 0 Å². The fourth-order valence-corrected chi connectivity index (χ4v) is 3.74. The van der Waals surface area contributed by atoms with Crippen LogP contribution < -0.4 is 5.32 Å². The van der Waals surface area contributed by atoms with Crippen LogP contribution in [0.1, 0.15) is 51.4 Å². The molecule has 1 aliphatic heterocycles. The van der Waals surface area contributed by atoms with Crippen molar-refractivity contribution in [3.63, 3.8) is 0 Å². The van der Waals surface area contributed by atoms with Gasteiger partial charge in [-0.3, -0.25) is 0 Å². The molecule has 100 valence electrons. The number of hydrogen-bond acceptors (Lipinski definition) is 3. The average Bonchev–Trinajstić information content (AvgIpc) is 2.77. The van der Waals surface area contributed by atoms with Crippen LogP contribution >= 0.6 is 11.8 Å². The summed E-state index contributed by atoms with van der Waals surface area (Å²) in [7, 11) is 0. The molecule has 3 heteroatoms. The molecule has 1 spiro atoms. The van der Waals surface area contributed by atoms with E-state index in [1.54, 1.807) is 0 Å². The molecule has 2 aliphatic rings. The normalized spacial score (nSPS) is 27.7. The van der Waals surface area contributed by atoms with Crippen LogP contribution in [-0.4, -0.2) is 36.8 Å². The Morgan fingerprint density at radius 2 is 2.12 bits per heavy atom. The van der Waals surface area contributed by atoms with Crippen molar-refractivity contribution in [2.24, 2.45) is 0 Å². The van der Waals surface area contributed by atoms with Gasteiger partial charge in [-0.05, 0) is 57.1 Å². The molecule has 1 unspecified atom stereocenters. The Hall–Kier alpha value is 0.270. The van der Waals surface area contributed by atoms with Crippen molar-refractivity contribution in [2.45, 2.75) is 63.0 Å². The van der Waals surface area contributed by atoms with Gasteiger partial charge in [-0.2, -0.15) is 11.8 Å². The average molecular weight is 257 g/mol. The summed E-state index contributed by atoms with van der Waals surface area (Å²) in [5, 5.41) is 3.74. The van der Waals surface area contributed by atoms with Crippen molar-refractivity contribution < 1.29 is 4.74 Å². The van der Waals surface area contributed by atoms with Gasteiger partial charge in [0.1, 0.15) is 0 Å². The topological polar surface area (TPSA) is 21.3 Å². The fraction of sp³-hybridized carbons (Fsp3) is 1.00. The third kappa shape index (κ3) is 4.15. The minimum absolute atomic E-state index is 0.273. The minimum Gasteiger partial charge on any atom is -0.375 e. The van der Waals surface area contributed by atoms with E-state index in [2.05, 4.69) is 11.6 Å². The molecule has 1 saturated carbocycles. The Labute approximate surface area is 110 Å². The van der Waals surface area contributed by atoms with Crippen molar-refractivity contribution >= 4 is 11.8 Å². The van der Waals surface area contributed by atoms with Crippen molar-refractivity contribution in [3.8, 4) is 0 Å². The quantitative estimate of drug-likeness (QED) is 0.738. The molecule has 0 aromatic carbocycles. The fourth-order valence-electron chi connectivity index (χ4n) is 3.25. The maximum absolute atomic E-state index is 6.06. The van der Waals surface area contributed by atoms with Gasteiger partial charge in [0, 0.05) is 12.6 Å². The van der Waals surface area contributed by atoms with Gasteiger partial charge < -0.3 is 10.1 Å². The Morgan fingerprint density at radius 3 is 2.88 bits per heavy atom. The highest BCUT2D eigenvalue weighted by Crippen LogP contribution is 2.39. The molecule has 2 nitrogen and oxygen atoms in total. The van der Waals surface area contributed by atoms with Crippen LogP contribution in [0.2, 0.25) is 0 Å². The zero-order chi connectivity index (χ0) is 12.0. The molecule has 0 bridgehead atoms. The third-order valence-electron chi connectivity index (χ3n) is 4.22. The van der Waals surface area contributed by atoms with Gasteiger partial charge in [0.05, 0.1) is 5.60 Å². The van der Waals surface area contributed by atoms with Crippen LogP contribution in [0.25, 0.3) is 0 Å². The molecule has 1 heterocycles. The second-order valence-electron chi connectivity index (χ2n) is 5.58. The Bertz CT molecular complexity index is 216. The van der Waals surface area contributed by atoms with E-state index in [0.29, 0.717) is 0 Å². The van der Waals surface area contributed by atoms with E-state index < -0.39 is 0 Å². The molecule has 0 aromatic heterocycles. The summed E-state index contributed by atoms with van der Waals surface area (Å²) < 4.78 is 6.06. The van der Waals surface area contributed by atoms with Gasteiger partial charge in [0.15, 0.2) is 0 Å². The minimum atomic E-state index is 0.273. The molecule has 17 heavy (non-hydrogen) atoms. The second-order valence-corrected chi connectivity index (χ2v) is 6.57. The van der Waals surface area contributed by atoms with Crippen LogP contribution in [0.3, 0.4) is 0 Å². The van der Waals surface area contributed by atoms with Crippen molar-refractivity contribution in [1.82, 2.24) is 5.32 Å². The summed E-state index contributed by atoms with van der Waals surface area (Å²) in [6.07, 6.45) is 12.7. The molecule has 1 saturated heterocycles. The molecule has 2 rings (SSSR count). The SMILES string of the molecule is CSCCCCNC1CCOC2(CCCC2)C1. The van der Waals surface area contributed by atoms with Gasteiger partial charge in [-0.1, -0.05) is 12.8 Å². The summed E-state index contributed by atoms with van der Waals surface area (Å²) in [6.45, 7) is 2.17. The zero-order valence-electron chi connectivity index (χ0n) is 11.2. The van der Waals surface area contributed by atoms with E-state index >= 15 is 0 Å². The molecule has 1 atom stereocenters. The van der Waals surface area contributed by atoms with E-state index in [9.17, 15) is 0 Å². The summed E-state index contributed by atoms with van der Waals surface area (Å²) in [6, 6.07) is 0.719. The number of unbranched alkanes of at least 4 members (excludes halogenated alkanes) is 1. The monoisotopic (exact) mass is 257 g/mol. The number of nitrogens with one attached hydrogen (secondary N) is 1. The van der Waals surface area contributed by atoms with Gasteiger partial charge in [-0.25, -0.2) is 0 Å². The van der Waals surface area contributed by atoms with Crippen LogP contribution in [0.5, 0.6) is 0 Å². The lowest BCUT2D eigenvalue weighted by atomic mass is 9.89. The molecule has 1 aliphatic carbocycles. The Kier molecular flexibility index (Phi) is 5.64. The second kappa shape index (κ2) is 7.01. The molecule has 0 radical (unpaired) electrons. The molecule has 2 fully saturated rings. The smallest absolute Gasteiger partial charge is 0.0697 e. The van der Waals surface area contributed by atoms with Crippen LogP contribution in [0.15, 0.2) is 0 Å². The van der Waals surface area contributed by atoms with Crippen LogP contribution in [0, 0.1) is 0 Å². The maximum atomic E-state index is 6.06. The number of ether oxygens (including phenoxy) is 1. The summed E-state index contributed by atoms with van der Waals surface area (Å²) >= 11 is 1.96. The lowest BCUT2D eigenvalue weighted by molar-refractivity contribution is -0.0835. The largest absolute Gasteiger partial charge is 0.375 e. The lowest BCUT2D eigenvalue weighted by Crippen LogP contribution is -2.45. The van der Waals surface area contributed by atoms with Gasteiger partial charge in [-0.15, -0.1) is 0 Å². The number of rotatable bonds is 6. The van der Waals surface area contributed by atoms with E-state index in [1.807, 2.05) is 11.8 Å². The first-order valence-electron chi connectivity index (χ1n) is 7.21. The number of hydrogen-bond donors (Lipinski definition) is 1. The highest BCUT2D eigenvalue weighted by molar-refractivity contribution is 7.98. The van der Waals surface area contributed by atoms with Gasteiger partial charge >= 0.3 is 0 Å². The zero-order valence-corrected chi connectivity index (χ0v) is 12.0. The van der Waals surface area contributed by atoms with Crippen LogP contribution in [-0.2, 0) is 4.74 Å². The summed E-state index contributed by atoms with van der Waals surface area (Å²) in [5.74, 6) is 1.30. The Balaban J connectivity index is 1.63. The summed E-state index contributed by atoms with van der Waals surface area (Å²) in [4.78, 5) is 0. The maximum Gasteiger partial charge on any atom is 0.0697 e. The summed E-state index contributed by atoms with van der Waals surface area (Å²) in [5.41, 5.74) is 0.273. The third-order valence-corrected chi connectivity index (χ3v) is 4.91. The van der Waals surface area contributed by atoms with E-state index in [-0.39, 0.29) is 5.60 Å². The first kappa shape index (κ1) is 13.7. The molecule has 0 aromatic rings. The van der Waals surface area contributed by atoms with E-state index in [0.717, 1.165) is 12.6 Å². The molecular weight excluding hydrogens is 230 g/mol. The molecule has 0 amide bonds. The molecular formula is C14H27NOS. The van der Waals surface area contributed by atoms with E-state index in [4.69, 9.17) is 4.74 Å². The standard InChI is InChI=1S/C14H27NOS/c1-17-11-5-4-9-15-13-6-10-16-14(12-13)7-2-3-8-14/h13,15H,2-12H2,1H3. The predicted molar refractivity (Wildman–Crippen MR) is 75.8 cm³/mol. The van der Waals surface area contributed by atoms with Crippen molar-refractivity contribution in [3.05, 3.63) is 0 Å². The Morgan fingerprint density at radius 1 is 1.29 bits per heavy atom. The van der Waals surface area contributed by atoms with E-state index in [1.165, 1.54) is 63.7 Å². The highest BCUT2D eigenvalue weighted by atomic mass is 32.2. The van der Waals surface area contributed by atoms with Crippen molar-refractivity contribution in [2.75, 3.05) is 25.2 Å². The highest BCUT2D eigenvalue weighted by Gasteiger charge is 2.39. The van der Waals surface area contributed by atoms with Crippen LogP contribution in [0.4, 0.5) is 0 Å². The first-order valence-corrected chi connectivity index (χ1v) is 8.60. The lowest BCUT2D eigenvalue weighted by Gasteiger charge is -2.38. The predicted octanol–water partition coefficient (Wildman–Crippen LogP) is 3.21. The van der Waals surface area contributed by atoms with Crippen molar-refractivity contribution in [1.29, 1.82) is 0 Å². The molecule has 1 N–H and O–H groups in total. The first-order chi connectivity index (χ1) is 8.35. The van der Waals surface area contributed by atoms with Gasteiger partial charge in [0.2, 0.25) is 0 Å². The number of thioether (sulfide) groups is 1.